The first-order valence-corrected chi connectivity index (χ1v) is 11.5. The van der Waals surface area contributed by atoms with Crippen LogP contribution in [0.25, 0.3) is 0 Å². The molecule has 1 aromatic heterocycles. The lowest BCUT2D eigenvalue weighted by Gasteiger charge is -2.57. The summed E-state index contributed by atoms with van der Waals surface area (Å²) in [5.74, 6) is -0.0809. The van der Waals surface area contributed by atoms with Crippen molar-refractivity contribution in [3.63, 3.8) is 0 Å². The highest BCUT2D eigenvalue weighted by atomic mass is 32.1. The van der Waals surface area contributed by atoms with Gasteiger partial charge < -0.3 is 14.4 Å². The summed E-state index contributed by atoms with van der Waals surface area (Å²) in [7, 11) is 3.60. The number of thiazole rings is 1. The molecule has 7 rings (SSSR count). The second kappa shape index (κ2) is 6.65. The van der Waals surface area contributed by atoms with Crippen molar-refractivity contribution in [1.82, 2.24) is 9.88 Å². The first-order valence-electron chi connectivity index (χ1n) is 10.6. The summed E-state index contributed by atoms with van der Waals surface area (Å²) < 4.78 is 12.4. The number of aromatic nitrogens is 1. The van der Waals surface area contributed by atoms with Crippen molar-refractivity contribution in [2.24, 2.45) is 11.8 Å². The zero-order valence-corrected chi connectivity index (χ0v) is 18.5. The highest BCUT2D eigenvalue weighted by molar-refractivity contribution is 7.11. The van der Waals surface area contributed by atoms with Crippen LogP contribution in [0.1, 0.15) is 35.1 Å². The van der Waals surface area contributed by atoms with Gasteiger partial charge in [-0.05, 0) is 29.2 Å². The number of hydrogen-bond donors (Lipinski definition) is 0. The van der Waals surface area contributed by atoms with E-state index in [0.717, 1.165) is 0 Å². The van der Waals surface area contributed by atoms with Crippen LogP contribution in [0.2, 0.25) is 0 Å². The summed E-state index contributed by atoms with van der Waals surface area (Å²) in [5.41, 5.74) is 4.43. The molecule has 2 bridgehead atoms. The van der Waals surface area contributed by atoms with E-state index in [0.29, 0.717) is 5.19 Å². The number of carbonyl (C=O) groups is 1. The molecule has 1 amide bonds. The van der Waals surface area contributed by atoms with E-state index in [2.05, 4.69) is 60.4 Å². The van der Waals surface area contributed by atoms with E-state index in [9.17, 15) is 4.79 Å². The lowest BCUT2D eigenvalue weighted by atomic mass is 9.45. The Bertz CT molecular complexity index is 1110. The minimum atomic E-state index is -0.562. The topological polar surface area (TPSA) is 51.7 Å². The molecule has 6 heteroatoms. The zero-order valence-electron chi connectivity index (χ0n) is 17.7. The standard InChI is InChI=1S/C25H24N2O3S/c1-14(29-3)25-17-10-6-4-8-15(17)19(16-9-5-7-11-18(16)25)20-21(25)22(28)27(2)23(20)30-24-26-12-13-31-24/h4-14,19-21,23H,1-3H3/t14-,19?,20-,21+,23+,25?/m1/s1. The number of likely N-dealkylation sites (tertiary alicyclic amines) is 1. The van der Waals surface area contributed by atoms with E-state index in [1.165, 1.54) is 33.6 Å². The van der Waals surface area contributed by atoms with Crippen molar-refractivity contribution in [2.75, 3.05) is 14.2 Å². The predicted molar refractivity (Wildman–Crippen MR) is 118 cm³/mol. The molecule has 31 heavy (non-hydrogen) atoms. The summed E-state index contributed by atoms with van der Waals surface area (Å²) in [4.78, 5) is 20.0. The van der Waals surface area contributed by atoms with E-state index in [1.807, 2.05) is 12.4 Å². The molecule has 3 aromatic rings. The molecule has 158 valence electrons. The van der Waals surface area contributed by atoms with Crippen LogP contribution >= 0.6 is 11.3 Å². The summed E-state index contributed by atoms with van der Waals surface area (Å²) in [6, 6.07) is 17.2. The molecule has 4 aliphatic rings. The van der Waals surface area contributed by atoms with Gasteiger partial charge in [-0.2, -0.15) is 0 Å². The van der Waals surface area contributed by atoms with Crippen molar-refractivity contribution < 1.29 is 14.3 Å². The normalized spacial score (nSPS) is 31.2. The number of carbonyl (C=O) groups excluding carboxylic acids is 1. The van der Waals surface area contributed by atoms with Crippen molar-refractivity contribution in [1.29, 1.82) is 0 Å². The van der Waals surface area contributed by atoms with E-state index < -0.39 is 5.41 Å². The Morgan fingerprint density at radius 1 is 1.10 bits per heavy atom. The number of hydrogen-bond acceptors (Lipinski definition) is 5. The molecule has 0 unspecified atom stereocenters. The third-order valence-corrected chi connectivity index (χ3v) is 8.36. The van der Waals surface area contributed by atoms with Gasteiger partial charge in [0.25, 0.3) is 5.19 Å². The fourth-order valence-electron chi connectivity index (χ4n) is 6.55. The second-order valence-electron chi connectivity index (χ2n) is 8.71. The van der Waals surface area contributed by atoms with Gasteiger partial charge in [-0.3, -0.25) is 4.79 Å². The van der Waals surface area contributed by atoms with Gasteiger partial charge in [0.15, 0.2) is 6.23 Å². The number of benzene rings is 2. The van der Waals surface area contributed by atoms with Gasteiger partial charge >= 0.3 is 0 Å². The largest absolute Gasteiger partial charge is 0.445 e. The third kappa shape index (κ3) is 2.24. The summed E-state index contributed by atoms with van der Waals surface area (Å²) in [6.45, 7) is 2.10. The van der Waals surface area contributed by atoms with Gasteiger partial charge in [0.2, 0.25) is 5.91 Å². The molecule has 5 nitrogen and oxygen atoms in total. The Morgan fingerprint density at radius 3 is 2.32 bits per heavy atom. The van der Waals surface area contributed by atoms with Crippen LogP contribution in [-0.4, -0.2) is 42.3 Å². The average molecular weight is 433 g/mol. The van der Waals surface area contributed by atoms with Gasteiger partial charge in [-0.15, -0.1) is 0 Å². The molecule has 4 atom stereocenters. The van der Waals surface area contributed by atoms with Gasteiger partial charge in [-0.1, -0.05) is 59.9 Å². The molecule has 0 radical (unpaired) electrons. The SMILES string of the molecule is CO[C@H](C)C12c3ccccc3C(c3ccccc31)[C@@H]1[C@H]2C(=O)N(C)[C@H]1Oc1nccs1. The maximum atomic E-state index is 13.9. The summed E-state index contributed by atoms with van der Waals surface area (Å²) in [5, 5.41) is 2.50. The zero-order chi connectivity index (χ0) is 21.3. The fraction of sp³-hybridized carbons (Fsp3) is 0.360. The quantitative estimate of drug-likeness (QED) is 0.625. The van der Waals surface area contributed by atoms with Crippen molar-refractivity contribution in [2.45, 2.75) is 30.6 Å². The Morgan fingerprint density at radius 2 is 1.74 bits per heavy atom. The molecule has 2 aromatic carbocycles. The molecule has 1 aliphatic heterocycles. The smallest absolute Gasteiger partial charge is 0.275 e. The van der Waals surface area contributed by atoms with Crippen LogP contribution in [0.3, 0.4) is 0 Å². The first kappa shape index (κ1) is 19.0. The van der Waals surface area contributed by atoms with Crippen LogP contribution in [0, 0.1) is 11.8 Å². The minimum absolute atomic E-state index is 0.0243. The minimum Gasteiger partial charge on any atom is -0.445 e. The Kier molecular flexibility index (Phi) is 4.08. The lowest BCUT2D eigenvalue weighted by molar-refractivity contribution is -0.136. The van der Waals surface area contributed by atoms with Gasteiger partial charge in [0.05, 0.1) is 17.4 Å². The highest BCUT2D eigenvalue weighted by Gasteiger charge is 2.69. The van der Waals surface area contributed by atoms with E-state index >= 15 is 0 Å². The average Bonchev–Trinajstić information content (AvgIpc) is 3.41. The number of ether oxygens (including phenoxy) is 2. The van der Waals surface area contributed by atoms with Crippen LogP contribution in [0.15, 0.2) is 60.1 Å². The molecule has 0 spiro atoms. The lowest BCUT2D eigenvalue weighted by Crippen LogP contribution is -2.59. The van der Waals surface area contributed by atoms with Gasteiger partial charge in [-0.25, -0.2) is 4.98 Å². The number of nitrogens with zero attached hydrogens (tertiary/aromatic N) is 2. The number of amides is 1. The van der Waals surface area contributed by atoms with E-state index in [1.54, 1.807) is 18.2 Å². The summed E-state index contributed by atoms with van der Waals surface area (Å²) in [6.07, 6.45) is 1.18. The first-order chi connectivity index (χ1) is 15.1. The monoisotopic (exact) mass is 432 g/mol. The molecular formula is C25H24N2O3S. The third-order valence-electron chi connectivity index (χ3n) is 7.69. The molecule has 2 heterocycles. The molecular weight excluding hydrogens is 408 g/mol. The molecule has 0 N–H and O–H groups in total. The Hall–Kier alpha value is -2.70. The number of rotatable bonds is 4. The number of methoxy groups -OCH3 is 1. The highest BCUT2D eigenvalue weighted by Crippen LogP contribution is 2.66. The van der Waals surface area contributed by atoms with Crippen LogP contribution in [-0.2, 0) is 14.9 Å². The van der Waals surface area contributed by atoms with E-state index in [-0.39, 0.29) is 36.0 Å². The maximum absolute atomic E-state index is 13.9. The predicted octanol–water partition coefficient (Wildman–Crippen LogP) is 4.03. The van der Waals surface area contributed by atoms with Crippen molar-refractivity contribution in [3.8, 4) is 5.19 Å². The van der Waals surface area contributed by atoms with E-state index in [4.69, 9.17) is 9.47 Å². The van der Waals surface area contributed by atoms with Crippen LogP contribution in [0.4, 0.5) is 0 Å². The maximum Gasteiger partial charge on any atom is 0.275 e. The fourth-order valence-corrected chi connectivity index (χ4v) is 7.06. The molecule has 3 aliphatic carbocycles. The van der Waals surface area contributed by atoms with Crippen molar-refractivity contribution >= 4 is 17.2 Å². The molecule has 1 saturated heterocycles. The Labute approximate surface area is 185 Å². The molecule has 1 fully saturated rings. The van der Waals surface area contributed by atoms with Crippen LogP contribution in [0.5, 0.6) is 5.19 Å². The van der Waals surface area contributed by atoms with Gasteiger partial charge in [0.1, 0.15) is 0 Å². The summed E-state index contributed by atoms with van der Waals surface area (Å²) >= 11 is 1.46. The Balaban J connectivity index is 1.65. The molecule has 0 saturated carbocycles. The van der Waals surface area contributed by atoms with Crippen LogP contribution < -0.4 is 4.74 Å². The second-order valence-corrected chi connectivity index (χ2v) is 9.57. The van der Waals surface area contributed by atoms with Crippen molar-refractivity contribution in [3.05, 3.63) is 82.4 Å². The van der Waals surface area contributed by atoms with Gasteiger partial charge in [0, 0.05) is 37.6 Å².